The lowest BCUT2D eigenvalue weighted by molar-refractivity contribution is -0.122. The molecule has 0 unspecified atom stereocenters. The van der Waals surface area contributed by atoms with Gasteiger partial charge in [0.2, 0.25) is 11.8 Å². The van der Waals surface area contributed by atoms with E-state index in [9.17, 15) is 9.18 Å². The molecule has 1 aromatic heterocycles. The summed E-state index contributed by atoms with van der Waals surface area (Å²) >= 11 is 0. The third-order valence-corrected chi connectivity index (χ3v) is 4.28. The fraction of sp³-hybridized carbons (Fsp3) is 0.444. The van der Waals surface area contributed by atoms with Crippen LogP contribution in [0, 0.1) is 17.7 Å². The Balaban J connectivity index is 1.45. The maximum Gasteiger partial charge on any atom is 0.226 e. The molecule has 23 heavy (non-hydrogen) atoms. The predicted octanol–water partition coefficient (Wildman–Crippen LogP) is 3.58. The summed E-state index contributed by atoms with van der Waals surface area (Å²) in [7, 11) is 0. The van der Waals surface area contributed by atoms with Crippen LogP contribution in [0.25, 0.3) is 11.5 Å². The number of rotatable bonds is 7. The van der Waals surface area contributed by atoms with Gasteiger partial charge in [-0.1, -0.05) is 6.92 Å². The van der Waals surface area contributed by atoms with Crippen LogP contribution in [0.2, 0.25) is 0 Å². The average Bonchev–Trinajstić information content (AvgIpc) is 3.28. The lowest BCUT2D eigenvalue weighted by Crippen LogP contribution is -2.27. The van der Waals surface area contributed by atoms with Gasteiger partial charge in [-0.05, 0) is 48.9 Å². The zero-order valence-electron chi connectivity index (χ0n) is 13.2. The number of benzene rings is 1. The van der Waals surface area contributed by atoms with Crippen molar-refractivity contribution in [3.05, 3.63) is 42.0 Å². The van der Waals surface area contributed by atoms with Crippen molar-refractivity contribution in [1.29, 1.82) is 0 Å². The van der Waals surface area contributed by atoms with Gasteiger partial charge in [-0.15, -0.1) is 0 Å². The number of carbonyl (C=O) groups excluding carboxylic acids is 1. The molecule has 0 radical (unpaired) electrons. The fourth-order valence-corrected chi connectivity index (χ4v) is 2.67. The van der Waals surface area contributed by atoms with Crippen molar-refractivity contribution in [2.75, 3.05) is 6.54 Å². The molecule has 0 aliphatic heterocycles. The first-order valence-electron chi connectivity index (χ1n) is 8.09. The maximum atomic E-state index is 12.9. The molecule has 1 aliphatic carbocycles. The Morgan fingerprint density at radius 1 is 1.39 bits per heavy atom. The molecule has 0 spiro atoms. The fourth-order valence-electron chi connectivity index (χ4n) is 2.67. The molecule has 2 aromatic rings. The topological polar surface area (TPSA) is 55.1 Å². The van der Waals surface area contributed by atoms with Crippen molar-refractivity contribution < 1.29 is 13.6 Å². The summed E-state index contributed by atoms with van der Waals surface area (Å²) in [4.78, 5) is 16.2. The van der Waals surface area contributed by atoms with E-state index in [4.69, 9.17) is 4.42 Å². The Kier molecular flexibility index (Phi) is 4.74. The highest BCUT2D eigenvalue weighted by Crippen LogP contribution is 2.37. The summed E-state index contributed by atoms with van der Waals surface area (Å²) < 4.78 is 18.3. The van der Waals surface area contributed by atoms with Crippen LogP contribution in [0.1, 0.15) is 31.9 Å². The van der Waals surface area contributed by atoms with Crippen LogP contribution < -0.4 is 5.32 Å². The van der Waals surface area contributed by atoms with E-state index in [-0.39, 0.29) is 11.7 Å². The molecule has 3 rings (SSSR count). The Hall–Kier alpha value is -2.17. The summed E-state index contributed by atoms with van der Waals surface area (Å²) in [5.74, 6) is 1.51. The van der Waals surface area contributed by atoms with Crippen molar-refractivity contribution in [2.24, 2.45) is 11.8 Å². The highest BCUT2D eigenvalue weighted by molar-refractivity contribution is 5.76. The normalized spacial score (nSPS) is 15.4. The maximum absolute atomic E-state index is 12.9. The molecule has 1 saturated carbocycles. The first kappa shape index (κ1) is 15.7. The molecule has 1 aromatic carbocycles. The van der Waals surface area contributed by atoms with Crippen LogP contribution in [-0.2, 0) is 11.2 Å². The van der Waals surface area contributed by atoms with Crippen molar-refractivity contribution in [3.63, 3.8) is 0 Å². The molecule has 0 bridgehead atoms. The Morgan fingerprint density at radius 2 is 2.13 bits per heavy atom. The van der Waals surface area contributed by atoms with E-state index < -0.39 is 0 Å². The van der Waals surface area contributed by atoms with Crippen LogP contribution in [-0.4, -0.2) is 17.4 Å². The standard InChI is InChI=1S/C18H21FN2O2/c1-12(13-2-3-13)10-17(22)20-9-8-16-11-23-18(21-16)14-4-6-15(19)7-5-14/h4-7,11-13H,2-3,8-10H2,1H3,(H,20,22)/t12-/m1/s1. The Labute approximate surface area is 135 Å². The predicted molar refractivity (Wildman–Crippen MR) is 85.1 cm³/mol. The zero-order chi connectivity index (χ0) is 16.2. The first-order valence-corrected chi connectivity index (χ1v) is 8.09. The number of nitrogens with zero attached hydrogens (tertiary/aromatic N) is 1. The summed E-state index contributed by atoms with van der Waals surface area (Å²) in [6.07, 6.45) is 5.33. The van der Waals surface area contributed by atoms with Gasteiger partial charge in [-0.2, -0.15) is 0 Å². The Morgan fingerprint density at radius 3 is 2.83 bits per heavy atom. The minimum Gasteiger partial charge on any atom is -0.444 e. The van der Waals surface area contributed by atoms with Gasteiger partial charge in [0, 0.05) is 24.9 Å². The van der Waals surface area contributed by atoms with Crippen molar-refractivity contribution in [3.8, 4) is 11.5 Å². The molecule has 1 N–H and O–H groups in total. The van der Waals surface area contributed by atoms with Gasteiger partial charge >= 0.3 is 0 Å². The number of hydrogen-bond acceptors (Lipinski definition) is 3. The monoisotopic (exact) mass is 316 g/mol. The number of hydrogen-bond donors (Lipinski definition) is 1. The van der Waals surface area contributed by atoms with E-state index in [1.54, 1.807) is 18.4 Å². The van der Waals surface area contributed by atoms with Gasteiger partial charge in [0.25, 0.3) is 0 Å². The number of amides is 1. The largest absolute Gasteiger partial charge is 0.444 e. The molecular formula is C18H21FN2O2. The van der Waals surface area contributed by atoms with Crippen LogP contribution in [0.5, 0.6) is 0 Å². The lowest BCUT2D eigenvalue weighted by Gasteiger charge is -2.09. The van der Waals surface area contributed by atoms with Gasteiger partial charge in [0.05, 0.1) is 5.69 Å². The quantitative estimate of drug-likeness (QED) is 0.849. The molecule has 1 heterocycles. The van der Waals surface area contributed by atoms with Crippen LogP contribution >= 0.6 is 0 Å². The second-order valence-corrected chi connectivity index (χ2v) is 6.27. The third-order valence-electron chi connectivity index (χ3n) is 4.28. The van der Waals surface area contributed by atoms with Gasteiger partial charge < -0.3 is 9.73 Å². The minimum atomic E-state index is -0.288. The lowest BCUT2D eigenvalue weighted by atomic mass is 10.0. The number of halogens is 1. The molecule has 4 nitrogen and oxygen atoms in total. The molecule has 5 heteroatoms. The smallest absolute Gasteiger partial charge is 0.226 e. The van der Waals surface area contributed by atoms with Crippen LogP contribution in [0.15, 0.2) is 34.9 Å². The van der Waals surface area contributed by atoms with Crippen molar-refractivity contribution in [2.45, 2.75) is 32.6 Å². The van der Waals surface area contributed by atoms with Gasteiger partial charge in [-0.3, -0.25) is 4.79 Å². The van der Waals surface area contributed by atoms with Crippen LogP contribution in [0.3, 0.4) is 0 Å². The molecule has 122 valence electrons. The summed E-state index contributed by atoms with van der Waals surface area (Å²) in [5.41, 5.74) is 1.51. The van der Waals surface area contributed by atoms with Gasteiger partial charge in [-0.25, -0.2) is 9.37 Å². The minimum absolute atomic E-state index is 0.103. The molecule has 1 amide bonds. The summed E-state index contributed by atoms with van der Waals surface area (Å²) in [6.45, 7) is 2.69. The number of carbonyl (C=O) groups is 1. The van der Waals surface area contributed by atoms with Crippen molar-refractivity contribution in [1.82, 2.24) is 10.3 Å². The second kappa shape index (κ2) is 6.94. The average molecular weight is 316 g/mol. The number of nitrogens with one attached hydrogen (secondary N) is 1. The first-order chi connectivity index (χ1) is 11.1. The van der Waals surface area contributed by atoms with Gasteiger partial charge in [0.1, 0.15) is 12.1 Å². The highest BCUT2D eigenvalue weighted by Gasteiger charge is 2.29. The van der Waals surface area contributed by atoms with E-state index in [0.29, 0.717) is 31.2 Å². The third kappa shape index (κ3) is 4.41. The highest BCUT2D eigenvalue weighted by atomic mass is 19.1. The van der Waals surface area contributed by atoms with Gasteiger partial charge in [0.15, 0.2) is 0 Å². The zero-order valence-corrected chi connectivity index (χ0v) is 13.2. The molecule has 0 saturated heterocycles. The number of aromatic nitrogens is 1. The SMILES string of the molecule is C[C@H](CC(=O)NCCc1coc(-c2ccc(F)cc2)n1)C1CC1. The Bertz CT molecular complexity index is 662. The van der Waals surface area contributed by atoms with E-state index in [1.165, 1.54) is 25.0 Å². The second-order valence-electron chi connectivity index (χ2n) is 6.27. The van der Waals surface area contributed by atoms with Crippen LogP contribution in [0.4, 0.5) is 4.39 Å². The molecular weight excluding hydrogens is 295 g/mol. The van der Waals surface area contributed by atoms with E-state index >= 15 is 0 Å². The number of oxazole rings is 1. The molecule has 1 fully saturated rings. The van der Waals surface area contributed by atoms with E-state index in [0.717, 1.165) is 17.2 Å². The summed E-state index contributed by atoms with van der Waals surface area (Å²) in [6, 6.07) is 6.01. The van der Waals surface area contributed by atoms with E-state index in [2.05, 4.69) is 17.2 Å². The van der Waals surface area contributed by atoms with Crippen molar-refractivity contribution >= 4 is 5.91 Å². The molecule has 1 atom stereocenters. The van der Waals surface area contributed by atoms with E-state index in [1.807, 2.05) is 0 Å². The molecule has 1 aliphatic rings. The summed E-state index contributed by atoms with van der Waals surface area (Å²) in [5, 5.41) is 2.93.